The third-order valence-corrected chi connectivity index (χ3v) is 4.87. The first-order chi connectivity index (χ1) is 15.6. The van der Waals surface area contributed by atoms with Crippen molar-refractivity contribution in [3.63, 3.8) is 0 Å². The standard InChI is InChI=1S/C23H17Cl2N5O2/c24-16-3-6-18(7-4-16)32-14-22(31)28-17-5-8-19(25)21(12-17)30-23-27-11-9-20(29-23)15-2-1-10-26-13-15/h1-13H,14H2,(H,28,31)(H,27,29,30). The van der Waals surface area contributed by atoms with Crippen molar-refractivity contribution < 1.29 is 9.53 Å². The molecule has 0 atom stereocenters. The summed E-state index contributed by atoms with van der Waals surface area (Å²) >= 11 is 12.2. The van der Waals surface area contributed by atoms with Gasteiger partial charge in [-0.25, -0.2) is 9.97 Å². The maximum atomic E-state index is 12.3. The summed E-state index contributed by atoms with van der Waals surface area (Å²) in [6.07, 6.45) is 5.07. The van der Waals surface area contributed by atoms with Crippen molar-refractivity contribution in [3.8, 4) is 17.0 Å². The number of ether oxygens (including phenoxy) is 1. The van der Waals surface area contributed by atoms with Crippen molar-refractivity contribution in [2.24, 2.45) is 0 Å². The molecule has 2 aromatic heterocycles. The Morgan fingerprint density at radius 3 is 2.62 bits per heavy atom. The molecule has 0 bridgehead atoms. The molecule has 2 N–H and O–H groups in total. The fraction of sp³-hybridized carbons (Fsp3) is 0.0435. The van der Waals surface area contributed by atoms with E-state index in [0.29, 0.717) is 33.1 Å². The van der Waals surface area contributed by atoms with Gasteiger partial charge in [-0.05, 0) is 60.7 Å². The summed E-state index contributed by atoms with van der Waals surface area (Å²) < 4.78 is 5.46. The Morgan fingerprint density at radius 2 is 1.84 bits per heavy atom. The van der Waals surface area contributed by atoms with E-state index in [2.05, 4.69) is 25.6 Å². The number of aromatic nitrogens is 3. The van der Waals surface area contributed by atoms with Gasteiger partial charge in [0.25, 0.3) is 5.91 Å². The van der Waals surface area contributed by atoms with E-state index in [-0.39, 0.29) is 12.5 Å². The number of carbonyl (C=O) groups is 1. The van der Waals surface area contributed by atoms with Crippen molar-refractivity contribution in [2.75, 3.05) is 17.2 Å². The summed E-state index contributed by atoms with van der Waals surface area (Å²) in [4.78, 5) is 25.1. The molecule has 0 fully saturated rings. The monoisotopic (exact) mass is 465 g/mol. The molecule has 32 heavy (non-hydrogen) atoms. The highest BCUT2D eigenvalue weighted by Crippen LogP contribution is 2.28. The molecule has 0 radical (unpaired) electrons. The highest BCUT2D eigenvalue weighted by Gasteiger charge is 2.09. The Hall–Kier alpha value is -3.68. The van der Waals surface area contributed by atoms with Crippen LogP contribution < -0.4 is 15.4 Å². The van der Waals surface area contributed by atoms with Crippen LogP contribution in [0, 0.1) is 0 Å². The van der Waals surface area contributed by atoms with Crippen molar-refractivity contribution in [1.82, 2.24) is 15.0 Å². The summed E-state index contributed by atoms with van der Waals surface area (Å²) in [5, 5.41) is 6.92. The van der Waals surface area contributed by atoms with Gasteiger partial charge >= 0.3 is 0 Å². The third-order valence-electron chi connectivity index (χ3n) is 4.29. The zero-order valence-corrected chi connectivity index (χ0v) is 18.1. The maximum absolute atomic E-state index is 12.3. The largest absolute Gasteiger partial charge is 0.484 e. The van der Waals surface area contributed by atoms with E-state index >= 15 is 0 Å². The molecule has 0 saturated carbocycles. The first-order valence-electron chi connectivity index (χ1n) is 9.55. The molecule has 9 heteroatoms. The van der Waals surface area contributed by atoms with E-state index in [1.807, 2.05) is 12.1 Å². The lowest BCUT2D eigenvalue weighted by Gasteiger charge is -2.12. The maximum Gasteiger partial charge on any atom is 0.262 e. The summed E-state index contributed by atoms with van der Waals surface area (Å²) in [5.74, 6) is 0.597. The normalized spacial score (nSPS) is 10.4. The molecular formula is C23H17Cl2N5O2. The van der Waals surface area contributed by atoms with E-state index in [9.17, 15) is 4.79 Å². The van der Waals surface area contributed by atoms with Gasteiger partial charge in [-0.1, -0.05) is 23.2 Å². The lowest BCUT2D eigenvalue weighted by atomic mass is 10.2. The quantitative estimate of drug-likeness (QED) is 0.368. The number of halogens is 2. The van der Waals surface area contributed by atoms with Crippen LogP contribution in [-0.4, -0.2) is 27.5 Å². The van der Waals surface area contributed by atoms with Gasteiger partial charge in [0, 0.05) is 34.9 Å². The van der Waals surface area contributed by atoms with Crippen LogP contribution in [0.2, 0.25) is 10.0 Å². The minimum atomic E-state index is -0.317. The molecule has 0 aliphatic rings. The Morgan fingerprint density at radius 1 is 1.00 bits per heavy atom. The minimum Gasteiger partial charge on any atom is -0.484 e. The predicted molar refractivity (Wildman–Crippen MR) is 126 cm³/mol. The number of hydrogen-bond donors (Lipinski definition) is 2. The van der Waals surface area contributed by atoms with E-state index in [1.165, 1.54) is 0 Å². The average Bonchev–Trinajstić information content (AvgIpc) is 2.82. The first-order valence-corrected chi connectivity index (χ1v) is 10.3. The number of benzene rings is 2. The Balaban J connectivity index is 1.42. The lowest BCUT2D eigenvalue weighted by Crippen LogP contribution is -2.20. The van der Waals surface area contributed by atoms with Gasteiger partial charge in [-0.3, -0.25) is 9.78 Å². The van der Waals surface area contributed by atoms with Gasteiger partial charge in [0.05, 0.1) is 16.4 Å². The molecule has 4 aromatic rings. The van der Waals surface area contributed by atoms with E-state index in [4.69, 9.17) is 27.9 Å². The molecular weight excluding hydrogens is 449 g/mol. The highest BCUT2D eigenvalue weighted by atomic mass is 35.5. The van der Waals surface area contributed by atoms with Crippen LogP contribution in [0.15, 0.2) is 79.3 Å². The van der Waals surface area contributed by atoms with Crippen molar-refractivity contribution in [1.29, 1.82) is 0 Å². The fourth-order valence-corrected chi connectivity index (χ4v) is 3.08. The summed E-state index contributed by atoms with van der Waals surface area (Å²) in [5.41, 5.74) is 2.68. The highest BCUT2D eigenvalue weighted by molar-refractivity contribution is 6.33. The molecule has 2 aromatic carbocycles. The number of pyridine rings is 1. The molecule has 1 amide bonds. The van der Waals surface area contributed by atoms with E-state index in [1.54, 1.807) is 67.1 Å². The van der Waals surface area contributed by atoms with Crippen LogP contribution in [0.4, 0.5) is 17.3 Å². The molecule has 4 rings (SSSR count). The third kappa shape index (κ3) is 5.72. The van der Waals surface area contributed by atoms with E-state index in [0.717, 1.165) is 11.3 Å². The van der Waals surface area contributed by atoms with Gasteiger partial charge in [-0.15, -0.1) is 0 Å². The van der Waals surface area contributed by atoms with Crippen molar-refractivity contribution >= 4 is 46.4 Å². The number of carbonyl (C=O) groups excluding carboxylic acids is 1. The van der Waals surface area contributed by atoms with Gasteiger partial charge < -0.3 is 15.4 Å². The van der Waals surface area contributed by atoms with E-state index < -0.39 is 0 Å². The molecule has 2 heterocycles. The summed E-state index contributed by atoms with van der Waals surface area (Å²) in [6.45, 7) is -0.150. The summed E-state index contributed by atoms with van der Waals surface area (Å²) in [7, 11) is 0. The first kappa shape index (κ1) is 21.5. The SMILES string of the molecule is O=C(COc1ccc(Cl)cc1)Nc1ccc(Cl)c(Nc2nccc(-c3cccnc3)n2)c1. The second-order valence-corrected chi connectivity index (χ2v) is 7.46. The second-order valence-electron chi connectivity index (χ2n) is 6.62. The number of rotatable bonds is 7. The van der Waals surface area contributed by atoms with Gasteiger partial charge in [0.15, 0.2) is 6.61 Å². The topological polar surface area (TPSA) is 89.0 Å². The van der Waals surface area contributed by atoms with Crippen LogP contribution >= 0.6 is 23.2 Å². The van der Waals surface area contributed by atoms with Crippen LogP contribution in [0.3, 0.4) is 0 Å². The number of anilines is 3. The van der Waals surface area contributed by atoms with Gasteiger partial charge in [0.2, 0.25) is 5.95 Å². The number of hydrogen-bond acceptors (Lipinski definition) is 6. The molecule has 160 valence electrons. The Kier molecular flexibility index (Phi) is 6.79. The molecule has 0 aliphatic heterocycles. The Bertz CT molecular complexity index is 1220. The molecule has 7 nitrogen and oxygen atoms in total. The number of amides is 1. The zero-order valence-electron chi connectivity index (χ0n) is 16.6. The van der Waals surface area contributed by atoms with Gasteiger partial charge in [-0.2, -0.15) is 0 Å². The second kappa shape index (κ2) is 10.1. The average molecular weight is 466 g/mol. The predicted octanol–water partition coefficient (Wildman–Crippen LogP) is 5.61. The molecule has 0 spiro atoms. The van der Waals surface area contributed by atoms with Crippen LogP contribution in [0.5, 0.6) is 5.75 Å². The molecule has 0 saturated heterocycles. The summed E-state index contributed by atoms with van der Waals surface area (Å²) in [6, 6.07) is 17.4. The number of nitrogens with zero attached hydrogens (tertiary/aromatic N) is 3. The van der Waals surface area contributed by atoms with Crippen LogP contribution in [0.25, 0.3) is 11.3 Å². The minimum absolute atomic E-state index is 0.150. The zero-order chi connectivity index (χ0) is 22.3. The molecule has 0 unspecified atom stereocenters. The van der Waals surface area contributed by atoms with Crippen molar-refractivity contribution in [3.05, 3.63) is 89.3 Å². The smallest absolute Gasteiger partial charge is 0.262 e. The van der Waals surface area contributed by atoms with Gasteiger partial charge in [0.1, 0.15) is 5.75 Å². The lowest BCUT2D eigenvalue weighted by molar-refractivity contribution is -0.118. The molecule has 0 aliphatic carbocycles. The number of nitrogens with one attached hydrogen (secondary N) is 2. The van der Waals surface area contributed by atoms with Crippen molar-refractivity contribution in [2.45, 2.75) is 0 Å². The van der Waals surface area contributed by atoms with Crippen LogP contribution in [-0.2, 0) is 4.79 Å². The van der Waals surface area contributed by atoms with Crippen LogP contribution in [0.1, 0.15) is 0 Å². The Labute approximate surface area is 194 Å². The fourth-order valence-electron chi connectivity index (χ4n) is 2.79.